The Balaban J connectivity index is 2.24. The maximum Gasteiger partial charge on any atom is 0.0842 e. The highest BCUT2D eigenvalue weighted by Crippen LogP contribution is 2.27. The molecule has 0 fully saturated rings. The molecule has 0 saturated heterocycles. The van der Waals surface area contributed by atoms with E-state index in [9.17, 15) is 5.11 Å². The first-order chi connectivity index (χ1) is 8.00. The summed E-state index contributed by atoms with van der Waals surface area (Å²) in [6.07, 6.45) is 0.214. The molecule has 92 valence electrons. The van der Waals surface area contributed by atoms with Gasteiger partial charge in [0.25, 0.3) is 0 Å². The zero-order chi connectivity index (χ0) is 12.6. The summed E-state index contributed by atoms with van der Waals surface area (Å²) in [4.78, 5) is 1.19. The molecule has 0 saturated carbocycles. The van der Waals surface area contributed by atoms with Gasteiger partial charge in [0.1, 0.15) is 0 Å². The smallest absolute Gasteiger partial charge is 0.0842 e. The van der Waals surface area contributed by atoms with E-state index >= 15 is 0 Å². The summed E-state index contributed by atoms with van der Waals surface area (Å²) < 4.78 is 1.87. The van der Waals surface area contributed by atoms with E-state index in [1.54, 1.807) is 11.3 Å². The number of hydrogen-bond donors (Lipinski definition) is 1. The lowest BCUT2D eigenvalue weighted by atomic mass is 10.0. The van der Waals surface area contributed by atoms with Gasteiger partial charge in [0.15, 0.2) is 0 Å². The third-order valence-corrected chi connectivity index (χ3v) is 4.18. The number of aliphatic hydroxyl groups excluding tert-OH is 1. The minimum atomic E-state index is -0.428. The van der Waals surface area contributed by atoms with Gasteiger partial charge in [-0.3, -0.25) is 4.68 Å². The molecule has 0 aliphatic carbocycles. The molecule has 1 unspecified atom stereocenters. The largest absolute Gasteiger partial charge is 0.388 e. The van der Waals surface area contributed by atoms with Gasteiger partial charge in [0, 0.05) is 24.0 Å². The van der Waals surface area contributed by atoms with Crippen molar-refractivity contribution in [3.63, 3.8) is 0 Å². The Kier molecular flexibility index (Phi) is 3.35. The molecule has 1 atom stereocenters. The second-order valence-electron chi connectivity index (χ2n) is 4.43. The van der Waals surface area contributed by atoms with Crippen LogP contribution in [0.4, 0.5) is 0 Å². The Labute approximate surface area is 106 Å². The number of aliphatic hydroxyl groups is 1. The van der Waals surface area contributed by atoms with Gasteiger partial charge < -0.3 is 5.11 Å². The van der Waals surface area contributed by atoms with E-state index in [0.717, 1.165) is 22.5 Å². The van der Waals surface area contributed by atoms with Crippen LogP contribution in [0.25, 0.3) is 0 Å². The van der Waals surface area contributed by atoms with E-state index in [2.05, 4.69) is 5.10 Å². The molecule has 0 spiro atoms. The summed E-state index contributed by atoms with van der Waals surface area (Å²) in [5.41, 5.74) is 4.34. The molecular formula is C13H18N2OS. The zero-order valence-corrected chi connectivity index (χ0v) is 11.5. The highest BCUT2D eigenvalue weighted by Gasteiger charge is 2.17. The first-order valence-electron chi connectivity index (χ1n) is 5.71. The third-order valence-electron chi connectivity index (χ3n) is 3.31. The number of thiophene rings is 1. The van der Waals surface area contributed by atoms with Crippen LogP contribution >= 0.6 is 11.3 Å². The molecular weight excluding hydrogens is 232 g/mol. The van der Waals surface area contributed by atoms with Gasteiger partial charge in [-0.15, -0.1) is 11.3 Å². The van der Waals surface area contributed by atoms with E-state index in [1.165, 1.54) is 4.88 Å². The molecule has 0 radical (unpaired) electrons. The minimum absolute atomic E-state index is 0.428. The highest BCUT2D eigenvalue weighted by atomic mass is 32.1. The van der Waals surface area contributed by atoms with E-state index in [-0.39, 0.29) is 0 Å². The number of nitrogens with zero attached hydrogens (tertiary/aromatic N) is 2. The van der Waals surface area contributed by atoms with Gasteiger partial charge in [0.05, 0.1) is 11.8 Å². The van der Waals surface area contributed by atoms with Crippen LogP contribution in [0.1, 0.15) is 33.5 Å². The lowest BCUT2D eigenvalue weighted by Crippen LogP contribution is -2.04. The quantitative estimate of drug-likeness (QED) is 0.909. The lowest BCUT2D eigenvalue weighted by Gasteiger charge is -2.10. The van der Waals surface area contributed by atoms with Crippen molar-refractivity contribution < 1.29 is 5.11 Å². The molecule has 2 rings (SSSR count). The summed E-state index contributed by atoms with van der Waals surface area (Å²) in [5.74, 6) is 0. The van der Waals surface area contributed by atoms with Crippen LogP contribution in [0.5, 0.6) is 0 Å². The van der Waals surface area contributed by atoms with Crippen molar-refractivity contribution >= 4 is 11.3 Å². The Morgan fingerprint density at radius 1 is 1.41 bits per heavy atom. The van der Waals surface area contributed by atoms with E-state index in [0.29, 0.717) is 6.42 Å². The van der Waals surface area contributed by atoms with Crippen LogP contribution in [0, 0.1) is 20.8 Å². The number of aryl methyl sites for hydroxylation is 3. The van der Waals surface area contributed by atoms with Gasteiger partial charge in [-0.2, -0.15) is 5.10 Å². The third kappa shape index (κ3) is 2.28. The second kappa shape index (κ2) is 4.63. The Morgan fingerprint density at radius 2 is 2.12 bits per heavy atom. The van der Waals surface area contributed by atoms with Crippen molar-refractivity contribution in [3.05, 3.63) is 38.8 Å². The number of hydrogen-bond acceptors (Lipinski definition) is 3. The Morgan fingerprint density at radius 3 is 2.59 bits per heavy atom. The molecule has 4 heteroatoms. The standard InChI is InChI=1S/C13H18N2OS/c1-8-12(9(2)15(4)14-8)7-13(16)11-5-6-17-10(11)3/h5-6,13,16H,7H2,1-4H3. The molecule has 0 aromatic carbocycles. The molecule has 0 amide bonds. The summed E-state index contributed by atoms with van der Waals surface area (Å²) in [6, 6.07) is 2.01. The topological polar surface area (TPSA) is 38.0 Å². The average molecular weight is 250 g/mol. The molecule has 2 heterocycles. The minimum Gasteiger partial charge on any atom is -0.388 e. The average Bonchev–Trinajstić information content (AvgIpc) is 2.78. The monoisotopic (exact) mass is 250 g/mol. The molecule has 0 aliphatic rings. The summed E-state index contributed by atoms with van der Waals surface area (Å²) in [5, 5.41) is 16.7. The molecule has 17 heavy (non-hydrogen) atoms. The first-order valence-corrected chi connectivity index (χ1v) is 6.59. The van der Waals surface area contributed by atoms with Crippen LogP contribution in [0.15, 0.2) is 11.4 Å². The predicted octanol–water partition coefficient (Wildman–Crippen LogP) is 2.68. The maximum absolute atomic E-state index is 10.3. The van der Waals surface area contributed by atoms with Crippen LogP contribution in [-0.4, -0.2) is 14.9 Å². The number of rotatable bonds is 3. The van der Waals surface area contributed by atoms with Crippen molar-refractivity contribution in [2.75, 3.05) is 0 Å². The lowest BCUT2D eigenvalue weighted by molar-refractivity contribution is 0.178. The van der Waals surface area contributed by atoms with E-state index < -0.39 is 6.10 Å². The van der Waals surface area contributed by atoms with Gasteiger partial charge >= 0.3 is 0 Å². The fraction of sp³-hybridized carbons (Fsp3) is 0.462. The zero-order valence-electron chi connectivity index (χ0n) is 10.7. The summed E-state index contributed by atoms with van der Waals surface area (Å²) >= 11 is 1.68. The maximum atomic E-state index is 10.3. The fourth-order valence-electron chi connectivity index (χ4n) is 2.16. The summed E-state index contributed by atoms with van der Waals surface area (Å²) in [6.45, 7) is 6.09. The van der Waals surface area contributed by atoms with Crippen molar-refractivity contribution in [1.29, 1.82) is 0 Å². The van der Waals surface area contributed by atoms with Crippen molar-refractivity contribution in [2.45, 2.75) is 33.3 Å². The molecule has 2 aromatic heterocycles. The van der Waals surface area contributed by atoms with E-state index in [4.69, 9.17) is 0 Å². The number of aromatic nitrogens is 2. The Hall–Kier alpha value is -1.13. The van der Waals surface area contributed by atoms with Gasteiger partial charge in [-0.05, 0) is 43.3 Å². The van der Waals surface area contributed by atoms with Gasteiger partial charge in [-0.1, -0.05) is 0 Å². The predicted molar refractivity (Wildman–Crippen MR) is 70.4 cm³/mol. The first kappa shape index (κ1) is 12.3. The molecule has 2 aromatic rings. The van der Waals surface area contributed by atoms with Gasteiger partial charge in [-0.25, -0.2) is 0 Å². The van der Waals surface area contributed by atoms with Crippen molar-refractivity contribution in [3.8, 4) is 0 Å². The van der Waals surface area contributed by atoms with Crippen LogP contribution in [0.2, 0.25) is 0 Å². The molecule has 0 aliphatic heterocycles. The Bertz CT molecular complexity index is 528. The molecule has 3 nitrogen and oxygen atoms in total. The fourth-order valence-corrected chi connectivity index (χ4v) is 2.92. The van der Waals surface area contributed by atoms with Gasteiger partial charge in [0.2, 0.25) is 0 Å². The van der Waals surface area contributed by atoms with E-state index in [1.807, 2.05) is 43.9 Å². The van der Waals surface area contributed by atoms with Crippen LogP contribution in [0.3, 0.4) is 0 Å². The molecule has 0 bridgehead atoms. The SMILES string of the molecule is Cc1nn(C)c(C)c1CC(O)c1ccsc1C. The second-order valence-corrected chi connectivity index (χ2v) is 5.55. The normalized spacial score (nSPS) is 13.0. The van der Waals surface area contributed by atoms with Crippen molar-refractivity contribution in [2.24, 2.45) is 7.05 Å². The summed E-state index contributed by atoms with van der Waals surface area (Å²) in [7, 11) is 1.94. The van der Waals surface area contributed by atoms with Crippen molar-refractivity contribution in [1.82, 2.24) is 9.78 Å². The highest BCUT2D eigenvalue weighted by molar-refractivity contribution is 7.10. The van der Waals surface area contributed by atoms with Crippen LogP contribution in [-0.2, 0) is 13.5 Å². The molecule has 1 N–H and O–H groups in total. The van der Waals surface area contributed by atoms with Crippen LogP contribution < -0.4 is 0 Å².